The van der Waals surface area contributed by atoms with E-state index >= 15 is 0 Å². The van der Waals surface area contributed by atoms with Crippen molar-refractivity contribution in [3.05, 3.63) is 0 Å². The zero-order valence-corrected chi connectivity index (χ0v) is 22.2. The molecule has 1 unspecified atom stereocenters. The van der Waals surface area contributed by atoms with Crippen molar-refractivity contribution in [1.29, 1.82) is 0 Å². The van der Waals surface area contributed by atoms with Crippen molar-refractivity contribution in [2.75, 3.05) is 19.7 Å². The molecule has 0 heterocycles. The van der Waals surface area contributed by atoms with Crippen LogP contribution < -0.4 is 10.6 Å². The molecule has 0 aliphatic rings. The summed E-state index contributed by atoms with van der Waals surface area (Å²) in [6.07, 6.45) is 27.6. The van der Waals surface area contributed by atoms with Gasteiger partial charge in [0.2, 0.25) is 0 Å². The van der Waals surface area contributed by atoms with E-state index in [2.05, 4.69) is 31.4 Å². The molecule has 0 amide bonds. The molecule has 194 valence electrons. The fourth-order valence-corrected chi connectivity index (χ4v) is 4.28. The molecule has 0 bridgehead atoms. The third kappa shape index (κ3) is 24.5. The number of nitrogens with one attached hydrogen (secondary N) is 2. The molecule has 0 aromatic rings. The number of aliphatic hydroxyl groups excluding tert-OH is 2. The number of hydrogen-bond acceptors (Lipinski definition) is 4. The summed E-state index contributed by atoms with van der Waals surface area (Å²) < 4.78 is 0. The Balaban J connectivity index is 3.19. The first-order valence-electron chi connectivity index (χ1n) is 14.3. The quantitative estimate of drug-likeness (QED) is 0.0829. The van der Waals surface area contributed by atoms with E-state index in [0.717, 1.165) is 6.54 Å². The number of hydrogen-bond donors (Lipinski definition) is 4. The van der Waals surface area contributed by atoms with E-state index in [1.165, 1.54) is 128 Å². The Hall–Kier alpha value is -0.160. The van der Waals surface area contributed by atoms with Gasteiger partial charge in [0.15, 0.2) is 0 Å². The van der Waals surface area contributed by atoms with Crippen LogP contribution >= 0.6 is 0 Å². The molecule has 4 N–H and O–H groups in total. The van der Waals surface area contributed by atoms with E-state index in [9.17, 15) is 5.11 Å². The maximum Gasteiger partial charge on any atom is 0.0895 e. The first-order valence-corrected chi connectivity index (χ1v) is 14.3. The fraction of sp³-hybridized carbons (Fsp3) is 1.00. The fourth-order valence-electron chi connectivity index (χ4n) is 4.28. The van der Waals surface area contributed by atoms with Crippen molar-refractivity contribution in [3.8, 4) is 0 Å². The van der Waals surface area contributed by atoms with Crippen molar-refractivity contribution in [2.45, 2.75) is 161 Å². The van der Waals surface area contributed by atoms with Gasteiger partial charge in [-0.05, 0) is 26.8 Å². The summed E-state index contributed by atoms with van der Waals surface area (Å²) in [7, 11) is 0. The second kappa shape index (κ2) is 24.0. The minimum Gasteiger partial charge on any atom is -0.394 e. The molecule has 4 heteroatoms. The van der Waals surface area contributed by atoms with Crippen molar-refractivity contribution in [1.82, 2.24) is 10.6 Å². The molecule has 0 saturated carbocycles. The Morgan fingerprint density at radius 1 is 0.562 bits per heavy atom. The molecule has 0 aliphatic heterocycles. The van der Waals surface area contributed by atoms with E-state index in [0.29, 0.717) is 6.54 Å². The van der Waals surface area contributed by atoms with Crippen LogP contribution in [0.15, 0.2) is 0 Å². The van der Waals surface area contributed by atoms with Gasteiger partial charge in [0.25, 0.3) is 0 Å². The molecule has 4 nitrogen and oxygen atoms in total. The predicted molar refractivity (Wildman–Crippen MR) is 141 cm³/mol. The average Bonchev–Trinajstić information content (AvgIpc) is 2.78. The van der Waals surface area contributed by atoms with Gasteiger partial charge in [-0.25, -0.2) is 0 Å². The monoisotopic (exact) mass is 456 g/mol. The first-order chi connectivity index (χ1) is 15.5. The number of aliphatic hydroxyl groups is 2. The van der Waals surface area contributed by atoms with Crippen molar-refractivity contribution in [2.24, 2.45) is 0 Å². The molecule has 0 rings (SSSR count). The number of rotatable bonds is 26. The lowest BCUT2D eigenvalue weighted by molar-refractivity contribution is 0.0851. The van der Waals surface area contributed by atoms with Crippen LogP contribution in [0.3, 0.4) is 0 Å². The Bertz CT molecular complexity index is 363. The van der Waals surface area contributed by atoms with E-state index in [4.69, 9.17) is 5.11 Å². The first kappa shape index (κ1) is 31.8. The van der Waals surface area contributed by atoms with Crippen LogP contribution in [-0.2, 0) is 0 Å². The molecule has 0 spiro atoms. The molecule has 0 fully saturated rings. The van der Waals surface area contributed by atoms with Crippen LogP contribution in [-0.4, -0.2) is 41.7 Å². The summed E-state index contributed by atoms with van der Waals surface area (Å²) in [6.45, 7) is 7.66. The second-order valence-electron chi connectivity index (χ2n) is 10.5. The van der Waals surface area contributed by atoms with Gasteiger partial charge in [0, 0.05) is 6.54 Å². The lowest BCUT2D eigenvalue weighted by atomic mass is 10.0. The molecule has 0 aliphatic carbocycles. The molecular formula is C28H60N2O2. The van der Waals surface area contributed by atoms with Crippen LogP contribution in [0.25, 0.3) is 0 Å². The predicted octanol–water partition coefficient (Wildman–Crippen LogP) is 7.08. The zero-order valence-electron chi connectivity index (χ0n) is 22.2. The van der Waals surface area contributed by atoms with Gasteiger partial charge >= 0.3 is 0 Å². The minimum absolute atomic E-state index is 0.192. The van der Waals surface area contributed by atoms with E-state index < -0.39 is 6.10 Å². The van der Waals surface area contributed by atoms with Crippen LogP contribution in [0.2, 0.25) is 0 Å². The molecule has 0 saturated heterocycles. The van der Waals surface area contributed by atoms with Gasteiger partial charge in [0.05, 0.1) is 18.4 Å². The van der Waals surface area contributed by atoms with Crippen LogP contribution in [0, 0.1) is 0 Å². The molecule has 0 radical (unpaired) electrons. The summed E-state index contributed by atoms with van der Waals surface area (Å²) in [5.41, 5.74) is -0.204. The Morgan fingerprint density at radius 2 is 0.906 bits per heavy atom. The summed E-state index contributed by atoms with van der Waals surface area (Å²) in [4.78, 5) is 0. The largest absolute Gasteiger partial charge is 0.394 e. The third-order valence-corrected chi connectivity index (χ3v) is 6.59. The van der Waals surface area contributed by atoms with E-state index in [1.54, 1.807) is 0 Å². The van der Waals surface area contributed by atoms with Gasteiger partial charge in [-0.3, -0.25) is 10.6 Å². The SMILES string of the molecule is CCCCCCCCCCCCCCCCCCCCCCNC(C)(C)NCC(O)CO. The highest BCUT2D eigenvalue weighted by Crippen LogP contribution is 2.14. The average molecular weight is 457 g/mol. The summed E-state index contributed by atoms with van der Waals surface area (Å²) in [5.74, 6) is 0. The van der Waals surface area contributed by atoms with Gasteiger partial charge in [0.1, 0.15) is 0 Å². The van der Waals surface area contributed by atoms with Gasteiger partial charge in [-0.2, -0.15) is 0 Å². The van der Waals surface area contributed by atoms with E-state index in [1.807, 2.05) is 0 Å². The van der Waals surface area contributed by atoms with Gasteiger partial charge in [-0.15, -0.1) is 0 Å². The van der Waals surface area contributed by atoms with Crippen molar-refractivity contribution < 1.29 is 10.2 Å². The Labute approximate surface area is 201 Å². The molecule has 0 aromatic heterocycles. The van der Waals surface area contributed by atoms with Crippen LogP contribution in [0.5, 0.6) is 0 Å². The molecule has 0 aromatic carbocycles. The van der Waals surface area contributed by atoms with Gasteiger partial charge < -0.3 is 10.2 Å². The van der Waals surface area contributed by atoms with Crippen molar-refractivity contribution >= 4 is 0 Å². The Morgan fingerprint density at radius 3 is 1.25 bits per heavy atom. The van der Waals surface area contributed by atoms with E-state index in [-0.39, 0.29) is 12.3 Å². The lowest BCUT2D eigenvalue weighted by Gasteiger charge is -2.29. The summed E-state index contributed by atoms with van der Waals surface area (Å²) in [6, 6.07) is 0. The minimum atomic E-state index is -0.684. The van der Waals surface area contributed by atoms with Crippen molar-refractivity contribution in [3.63, 3.8) is 0 Å². The topological polar surface area (TPSA) is 64.5 Å². The highest BCUT2D eigenvalue weighted by Gasteiger charge is 2.16. The smallest absolute Gasteiger partial charge is 0.0895 e. The molecular weight excluding hydrogens is 396 g/mol. The third-order valence-electron chi connectivity index (χ3n) is 6.59. The van der Waals surface area contributed by atoms with Crippen LogP contribution in [0.4, 0.5) is 0 Å². The Kier molecular flexibility index (Phi) is 23.9. The summed E-state index contributed by atoms with van der Waals surface area (Å²) >= 11 is 0. The van der Waals surface area contributed by atoms with Gasteiger partial charge in [-0.1, -0.05) is 129 Å². The maximum absolute atomic E-state index is 9.43. The lowest BCUT2D eigenvalue weighted by Crippen LogP contribution is -2.54. The standard InChI is InChI=1S/C28H60N2O2/c1-4-5-6-7-8-9-10-11-12-13-14-15-16-17-18-19-20-21-22-23-24-29-28(2,3)30-25-27(32)26-31/h27,29-32H,4-26H2,1-3H3. The maximum atomic E-state index is 9.43. The summed E-state index contributed by atoms with van der Waals surface area (Å²) in [5, 5.41) is 25.0. The molecule has 32 heavy (non-hydrogen) atoms. The van der Waals surface area contributed by atoms with Crippen LogP contribution in [0.1, 0.15) is 149 Å². The second-order valence-corrected chi connectivity index (χ2v) is 10.5. The normalized spacial score (nSPS) is 13.0. The molecule has 1 atom stereocenters. The highest BCUT2D eigenvalue weighted by atomic mass is 16.3. The zero-order chi connectivity index (χ0) is 23.8. The number of unbranched alkanes of at least 4 members (excludes halogenated alkanes) is 19. The highest BCUT2D eigenvalue weighted by molar-refractivity contribution is 4.76.